The van der Waals surface area contributed by atoms with Gasteiger partial charge in [0.2, 0.25) is 0 Å². The quantitative estimate of drug-likeness (QED) is 0.801. The Bertz CT molecular complexity index is 792. The lowest BCUT2D eigenvalue weighted by Gasteiger charge is -2.19. The van der Waals surface area contributed by atoms with E-state index in [1.165, 1.54) is 12.1 Å². The molecule has 7 heteroatoms. The van der Waals surface area contributed by atoms with E-state index in [1.54, 1.807) is 12.1 Å². The SMILES string of the molecule is Cl.N#Cc1ccc(N2CCC(NCc3ccc(Cl)cc3Cl)C2)cc1F. The topological polar surface area (TPSA) is 39.1 Å². The molecule has 2 aromatic carbocycles. The van der Waals surface area contributed by atoms with Crippen LogP contribution in [0.1, 0.15) is 17.5 Å². The van der Waals surface area contributed by atoms with Crippen molar-refractivity contribution >= 4 is 41.3 Å². The number of anilines is 1. The maximum absolute atomic E-state index is 13.8. The number of nitriles is 1. The molecule has 3 rings (SSSR count). The van der Waals surface area contributed by atoms with E-state index in [1.807, 2.05) is 18.2 Å². The summed E-state index contributed by atoms with van der Waals surface area (Å²) in [6.45, 7) is 2.30. The fraction of sp³-hybridized carbons (Fsp3) is 0.278. The van der Waals surface area contributed by atoms with E-state index in [2.05, 4.69) is 10.2 Å². The molecule has 25 heavy (non-hydrogen) atoms. The first-order chi connectivity index (χ1) is 11.6. The molecule has 0 saturated carbocycles. The van der Waals surface area contributed by atoms with Crippen LogP contribution in [0.3, 0.4) is 0 Å². The average Bonchev–Trinajstić information content (AvgIpc) is 3.03. The molecule has 0 radical (unpaired) electrons. The minimum Gasteiger partial charge on any atom is -0.370 e. The van der Waals surface area contributed by atoms with E-state index >= 15 is 0 Å². The normalized spacial score (nSPS) is 16.4. The number of benzene rings is 2. The Morgan fingerprint density at radius 1 is 1.24 bits per heavy atom. The molecule has 1 atom stereocenters. The summed E-state index contributed by atoms with van der Waals surface area (Å²) in [7, 11) is 0. The zero-order chi connectivity index (χ0) is 17.1. The molecule has 132 valence electrons. The molecule has 1 heterocycles. The van der Waals surface area contributed by atoms with Crippen molar-refractivity contribution < 1.29 is 4.39 Å². The highest BCUT2D eigenvalue weighted by Gasteiger charge is 2.23. The van der Waals surface area contributed by atoms with Gasteiger partial charge in [-0.1, -0.05) is 29.3 Å². The summed E-state index contributed by atoms with van der Waals surface area (Å²) < 4.78 is 13.8. The average molecular weight is 401 g/mol. The van der Waals surface area contributed by atoms with Crippen LogP contribution >= 0.6 is 35.6 Å². The second-order valence-corrected chi connectivity index (χ2v) is 6.67. The first-order valence-corrected chi connectivity index (χ1v) is 8.44. The third kappa shape index (κ3) is 4.77. The van der Waals surface area contributed by atoms with Crippen molar-refractivity contribution in [3.63, 3.8) is 0 Å². The van der Waals surface area contributed by atoms with E-state index < -0.39 is 5.82 Å². The molecule has 1 saturated heterocycles. The molecule has 0 aliphatic carbocycles. The van der Waals surface area contributed by atoms with Crippen LogP contribution in [-0.2, 0) is 6.54 Å². The van der Waals surface area contributed by atoms with Crippen molar-refractivity contribution in [2.24, 2.45) is 0 Å². The summed E-state index contributed by atoms with van der Waals surface area (Å²) in [5, 5.41) is 13.6. The number of hydrogen-bond donors (Lipinski definition) is 1. The summed E-state index contributed by atoms with van der Waals surface area (Å²) in [4.78, 5) is 2.12. The molecule has 1 aliphatic heterocycles. The highest BCUT2D eigenvalue weighted by atomic mass is 35.5. The van der Waals surface area contributed by atoms with Gasteiger partial charge >= 0.3 is 0 Å². The molecule has 1 unspecified atom stereocenters. The lowest BCUT2D eigenvalue weighted by atomic mass is 10.2. The van der Waals surface area contributed by atoms with Gasteiger partial charge in [0.1, 0.15) is 11.9 Å². The van der Waals surface area contributed by atoms with Crippen LogP contribution in [-0.4, -0.2) is 19.1 Å². The number of nitrogens with zero attached hydrogens (tertiary/aromatic N) is 2. The maximum atomic E-state index is 13.8. The summed E-state index contributed by atoms with van der Waals surface area (Å²) in [5.41, 5.74) is 1.88. The first-order valence-electron chi connectivity index (χ1n) is 7.68. The second kappa shape index (κ2) is 8.73. The van der Waals surface area contributed by atoms with Gasteiger partial charge in [-0.2, -0.15) is 5.26 Å². The first kappa shape index (κ1) is 19.8. The van der Waals surface area contributed by atoms with Gasteiger partial charge < -0.3 is 10.2 Å². The molecule has 1 aliphatic rings. The summed E-state index contributed by atoms with van der Waals surface area (Å²) >= 11 is 12.1. The fourth-order valence-corrected chi connectivity index (χ4v) is 3.35. The Morgan fingerprint density at radius 3 is 2.72 bits per heavy atom. The molecular weight excluding hydrogens is 384 g/mol. The monoisotopic (exact) mass is 399 g/mol. The van der Waals surface area contributed by atoms with Crippen LogP contribution in [0.25, 0.3) is 0 Å². The van der Waals surface area contributed by atoms with E-state index in [-0.39, 0.29) is 18.0 Å². The molecule has 3 nitrogen and oxygen atoms in total. The highest BCUT2D eigenvalue weighted by Crippen LogP contribution is 2.24. The van der Waals surface area contributed by atoms with Crippen molar-refractivity contribution in [1.82, 2.24) is 5.32 Å². The van der Waals surface area contributed by atoms with Crippen LogP contribution in [0.5, 0.6) is 0 Å². The van der Waals surface area contributed by atoms with E-state index in [0.29, 0.717) is 22.6 Å². The third-order valence-electron chi connectivity index (χ3n) is 4.22. The van der Waals surface area contributed by atoms with Crippen molar-refractivity contribution in [2.45, 2.75) is 19.0 Å². The Hall–Kier alpha value is -1.51. The minimum absolute atomic E-state index is 0. The molecule has 1 N–H and O–H groups in total. The van der Waals surface area contributed by atoms with Crippen molar-refractivity contribution in [3.8, 4) is 6.07 Å². The van der Waals surface area contributed by atoms with Gasteiger partial charge in [0.05, 0.1) is 5.56 Å². The molecule has 0 aromatic heterocycles. The van der Waals surface area contributed by atoms with Gasteiger partial charge in [-0.25, -0.2) is 4.39 Å². The second-order valence-electron chi connectivity index (χ2n) is 5.82. The lowest BCUT2D eigenvalue weighted by Crippen LogP contribution is -2.32. The van der Waals surface area contributed by atoms with Crippen LogP contribution in [0.15, 0.2) is 36.4 Å². The maximum Gasteiger partial charge on any atom is 0.143 e. The number of rotatable bonds is 4. The summed E-state index contributed by atoms with van der Waals surface area (Å²) in [6, 6.07) is 12.4. The summed E-state index contributed by atoms with van der Waals surface area (Å²) in [6.07, 6.45) is 0.965. The van der Waals surface area contributed by atoms with Crippen molar-refractivity contribution in [2.75, 3.05) is 18.0 Å². The Balaban J connectivity index is 0.00000225. The molecule has 2 aromatic rings. The molecule has 0 bridgehead atoms. The Morgan fingerprint density at radius 2 is 2.04 bits per heavy atom. The molecule has 1 fully saturated rings. The van der Waals surface area contributed by atoms with Gasteiger partial charge in [0, 0.05) is 41.4 Å². The van der Waals surface area contributed by atoms with Gasteiger partial charge in [0.15, 0.2) is 0 Å². The summed E-state index contributed by atoms with van der Waals surface area (Å²) in [5.74, 6) is -0.473. The number of nitrogens with one attached hydrogen (secondary N) is 1. The molecule has 0 spiro atoms. The van der Waals surface area contributed by atoms with E-state index in [0.717, 1.165) is 30.8 Å². The highest BCUT2D eigenvalue weighted by molar-refractivity contribution is 6.35. The smallest absolute Gasteiger partial charge is 0.143 e. The van der Waals surface area contributed by atoms with Gasteiger partial charge in [0.25, 0.3) is 0 Å². The number of halogens is 4. The van der Waals surface area contributed by atoms with Crippen molar-refractivity contribution in [3.05, 3.63) is 63.4 Å². The number of hydrogen-bond acceptors (Lipinski definition) is 3. The molecular formula is C18H17Cl3FN3. The van der Waals surface area contributed by atoms with Gasteiger partial charge in [-0.05, 0) is 42.3 Å². The molecule has 0 amide bonds. The third-order valence-corrected chi connectivity index (χ3v) is 4.81. The Kier molecular flexibility index (Phi) is 6.92. The van der Waals surface area contributed by atoms with Crippen LogP contribution < -0.4 is 10.2 Å². The van der Waals surface area contributed by atoms with Crippen LogP contribution in [0.2, 0.25) is 10.0 Å². The van der Waals surface area contributed by atoms with E-state index in [4.69, 9.17) is 28.5 Å². The predicted octanol–water partition coefficient (Wildman–Crippen LogP) is 4.79. The fourth-order valence-electron chi connectivity index (χ4n) is 2.87. The van der Waals surface area contributed by atoms with Gasteiger partial charge in [-0.15, -0.1) is 12.4 Å². The van der Waals surface area contributed by atoms with Crippen molar-refractivity contribution in [1.29, 1.82) is 5.26 Å². The predicted molar refractivity (Wildman–Crippen MR) is 102 cm³/mol. The van der Waals surface area contributed by atoms with Gasteiger partial charge in [-0.3, -0.25) is 0 Å². The van der Waals surface area contributed by atoms with Crippen LogP contribution in [0.4, 0.5) is 10.1 Å². The lowest BCUT2D eigenvalue weighted by molar-refractivity contribution is 0.551. The van der Waals surface area contributed by atoms with E-state index in [9.17, 15) is 4.39 Å². The largest absolute Gasteiger partial charge is 0.370 e. The standard InChI is InChI=1S/C18H16Cl2FN3.ClH/c19-14-3-1-13(17(20)7-14)10-23-15-5-6-24(11-15)16-4-2-12(9-22)18(21)8-16;/h1-4,7-8,15,23H,5-6,10-11H2;1H. The minimum atomic E-state index is -0.473. The zero-order valence-electron chi connectivity index (χ0n) is 13.3. The zero-order valence-corrected chi connectivity index (χ0v) is 15.6. The Labute approximate surface area is 162 Å². The van der Waals surface area contributed by atoms with Crippen LogP contribution in [0, 0.1) is 17.1 Å².